The molecule has 1 fully saturated rings. The Morgan fingerprint density at radius 2 is 1.96 bits per heavy atom. The molecule has 1 saturated heterocycles. The van der Waals surface area contributed by atoms with Gasteiger partial charge in [-0.05, 0) is 29.7 Å². The van der Waals surface area contributed by atoms with Crippen molar-refractivity contribution in [1.82, 2.24) is 0 Å². The maximum Gasteiger partial charge on any atom is 0.494 e. The number of hydrogen-bond acceptors (Lipinski definition) is 4. The Morgan fingerprint density at radius 3 is 2.65 bits per heavy atom. The normalized spacial score (nSPS) is 17.1. The molecule has 1 amide bonds. The summed E-state index contributed by atoms with van der Waals surface area (Å²) in [5.74, 6) is 0.632. The number of carbonyl (C=O) groups is 1. The van der Waals surface area contributed by atoms with Crippen LogP contribution in [0.25, 0.3) is 0 Å². The van der Waals surface area contributed by atoms with Crippen molar-refractivity contribution in [2.45, 2.75) is 13.0 Å². The lowest BCUT2D eigenvalue weighted by atomic mass is 9.79. The van der Waals surface area contributed by atoms with Crippen LogP contribution >= 0.6 is 0 Å². The first-order chi connectivity index (χ1) is 11.2. The molecule has 1 heterocycles. The van der Waals surface area contributed by atoms with Crippen molar-refractivity contribution in [2.75, 3.05) is 18.5 Å². The number of amides is 1. The predicted molar refractivity (Wildman–Crippen MR) is 88.9 cm³/mol. The SMILES string of the molecule is CC(=O)Nc1ccc(OCC2COB(c3ccccc3)O2)cc1. The van der Waals surface area contributed by atoms with Gasteiger partial charge in [0.15, 0.2) is 0 Å². The number of ether oxygens (including phenoxy) is 1. The van der Waals surface area contributed by atoms with E-state index in [-0.39, 0.29) is 19.1 Å². The van der Waals surface area contributed by atoms with Crippen molar-refractivity contribution in [1.29, 1.82) is 0 Å². The summed E-state index contributed by atoms with van der Waals surface area (Å²) in [6.45, 7) is 2.40. The Morgan fingerprint density at radius 1 is 1.22 bits per heavy atom. The van der Waals surface area contributed by atoms with E-state index in [1.165, 1.54) is 6.92 Å². The van der Waals surface area contributed by atoms with E-state index < -0.39 is 0 Å². The van der Waals surface area contributed by atoms with Gasteiger partial charge in [0.25, 0.3) is 0 Å². The zero-order chi connectivity index (χ0) is 16.1. The van der Waals surface area contributed by atoms with Gasteiger partial charge in [-0.2, -0.15) is 0 Å². The lowest BCUT2D eigenvalue weighted by Gasteiger charge is -2.12. The van der Waals surface area contributed by atoms with Crippen LogP contribution in [0, 0.1) is 0 Å². The zero-order valence-electron chi connectivity index (χ0n) is 12.9. The van der Waals surface area contributed by atoms with Crippen LogP contribution in [-0.2, 0) is 14.1 Å². The summed E-state index contributed by atoms with van der Waals surface area (Å²) in [7, 11) is -0.327. The molecule has 2 aromatic rings. The van der Waals surface area contributed by atoms with Crippen molar-refractivity contribution in [2.24, 2.45) is 0 Å². The number of anilines is 1. The van der Waals surface area contributed by atoms with Gasteiger partial charge in [0.1, 0.15) is 12.4 Å². The van der Waals surface area contributed by atoms with Gasteiger partial charge in [-0.25, -0.2) is 0 Å². The van der Waals surface area contributed by atoms with Crippen LogP contribution in [0.5, 0.6) is 5.75 Å². The summed E-state index contributed by atoms with van der Waals surface area (Å²) in [5.41, 5.74) is 1.75. The Hall–Kier alpha value is -2.31. The molecule has 0 bridgehead atoms. The van der Waals surface area contributed by atoms with Gasteiger partial charge in [-0.3, -0.25) is 4.79 Å². The molecule has 0 aliphatic carbocycles. The van der Waals surface area contributed by atoms with Gasteiger partial charge >= 0.3 is 7.12 Å². The van der Waals surface area contributed by atoms with Crippen LogP contribution in [0.4, 0.5) is 5.69 Å². The summed E-state index contributed by atoms with van der Waals surface area (Å²) >= 11 is 0. The second-order valence-electron chi connectivity index (χ2n) is 5.35. The van der Waals surface area contributed by atoms with E-state index >= 15 is 0 Å². The third-order valence-electron chi connectivity index (χ3n) is 3.43. The van der Waals surface area contributed by atoms with Gasteiger partial charge in [0.05, 0.1) is 12.7 Å². The summed E-state index contributed by atoms with van der Waals surface area (Å²) < 4.78 is 17.2. The molecule has 1 unspecified atom stereocenters. The third kappa shape index (κ3) is 4.34. The number of rotatable bonds is 5. The van der Waals surface area contributed by atoms with Gasteiger partial charge in [-0.15, -0.1) is 0 Å². The first-order valence-electron chi connectivity index (χ1n) is 7.53. The largest absolute Gasteiger partial charge is 0.494 e. The highest BCUT2D eigenvalue weighted by atomic mass is 16.7. The van der Waals surface area contributed by atoms with Crippen molar-refractivity contribution in [3.05, 3.63) is 54.6 Å². The number of benzene rings is 2. The third-order valence-corrected chi connectivity index (χ3v) is 3.43. The molecule has 118 valence electrons. The summed E-state index contributed by atoms with van der Waals surface area (Å²) in [5, 5.41) is 2.71. The minimum absolute atomic E-state index is 0.0953. The Kier molecular flexibility index (Phi) is 4.95. The topological polar surface area (TPSA) is 56.8 Å². The molecule has 6 heteroatoms. The molecular weight excluding hydrogens is 293 g/mol. The summed E-state index contributed by atoms with van der Waals surface area (Å²) in [4.78, 5) is 11.0. The molecule has 2 aromatic carbocycles. The maximum atomic E-state index is 11.0. The van der Waals surface area contributed by atoms with Crippen LogP contribution < -0.4 is 15.5 Å². The van der Waals surface area contributed by atoms with Crippen molar-refractivity contribution in [3.63, 3.8) is 0 Å². The van der Waals surface area contributed by atoms with Crippen LogP contribution in [-0.4, -0.2) is 32.3 Å². The summed E-state index contributed by atoms with van der Waals surface area (Å²) in [6.07, 6.45) is -0.102. The van der Waals surface area contributed by atoms with E-state index in [1.54, 1.807) is 12.1 Å². The van der Waals surface area contributed by atoms with Crippen molar-refractivity contribution < 1.29 is 18.8 Å². The van der Waals surface area contributed by atoms with E-state index in [4.69, 9.17) is 14.0 Å². The lowest BCUT2D eigenvalue weighted by Crippen LogP contribution is -2.33. The fourth-order valence-electron chi connectivity index (χ4n) is 2.35. The van der Waals surface area contributed by atoms with Crippen LogP contribution in [0.3, 0.4) is 0 Å². The molecule has 0 saturated carbocycles. The number of hydrogen-bond donors (Lipinski definition) is 1. The molecule has 1 aliphatic heterocycles. The molecule has 1 atom stereocenters. The molecule has 3 rings (SSSR count). The van der Waals surface area contributed by atoms with Crippen molar-refractivity contribution in [3.8, 4) is 5.75 Å². The molecule has 5 nitrogen and oxygen atoms in total. The Labute approximate surface area is 135 Å². The number of carbonyl (C=O) groups excluding carboxylic acids is 1. The second kappa shape index (κ2) is 7.31. The van der Waals surface area contributed by atoms with Gasteiger partial charge < -0.3 is 19.4 Å². The molecule has 0 aromatic heterocycles. The second-order valence-corrected chi connectivity index (χ2v) is 5.35. The highest BCUT2D eigenvalue weighted by Gasteiger charge is 2.33. The number of nitrogens with one attached hydrogen (secondary N) is 1. The summed E-state index contributed by atoms with van der Waals surface area (Å²) in [6, 6.07) is 17.1. The lowest BCUT2D eigenvalue weighted by molar-refractivity contribution is -0.114. The molecule has 0 radical (unpaired) electrons. The standard InChI is InChI=1S/C17H18BNO4/c1-13(20)19-15-7-9-16(10-8-15)21-11-17-12-22-18(23-17)14-5-3-2-4-6-14/h2-10,17H,11-12H2,1H3,(H,19,20). The van der Waals surface area contributed by atoms with E-state index in [0.717, 1.165) is 16.9 Å². The van der Waals surface area contributed by atoms with E-state index in [0.29, 0.717) is 13.2 Å². The molecular formula is C17H18BNO4. The maximum absolute atomic E-state index is 11.0. The fourth-order valence-corrected chi connectivity index (χ4v) is 2.35. The first-order valence-corrected chi connectivity index (χ1v) is 7.53. The van der Waals surface area contributed by atoms with E-state index in [2.05, 4.69) is 5.32 Å². The monoisotopic (exact) mass is 311 g/mol. The van der Waals surface area contributed by atoms with Gasteiger partial charge in [0, 0.05) is 12.6 Å². The molecule has 23 heavy (non-hydrogen) atoms. The molecule has 1 N–H and O–H groups in total. The average molecular weight is 311 g/mol. The smallest absolute Gasteiger partial charge is 0.491 e. The van der Waals surface area contributed by atoms with Crippen LogP contribution in [0.2, 0.25) is 0 Å². The Balaban J connectivity index is 1.48. The minimum Gasteiger partial charge on any atom is -0.491 e. The van der Waals surface area contributed by atoms with Gasteiger partial charge in [0.2, 0.25) is 5.91 Å². The molecule has 1 aliphatic rings. The van der Waals surface area contributed by atoms with E-state index in [1.807, 2.05) is 42.5 Å². The quantitative estimate of drug-likeness (QED) is 0.856. The zero-order valence-corrected chi connectivity index (χ0v) is 12.9. The molecule has 0 spiro atoms. The van der Waals surface area contributed by atoms with Crippen LogP contribution in [0.15, 0.2) is 54.6 Å². The fraction of sp³-hybridized carbons (Fsp3) is 0.235. The highest BCUT2D eigenvalue weighted by Crippen LogP contribution is 2.17. The minimum atomic E-state index is -0.327. The van der Waals surface area contributed by atoms with Crippen LogP contribution in [0.1, 0.15) is 6.92 Å². The van der Waals surface area contributed by atoms with E-state index in [9.17, 15) is 4.79 Å². The average Bonchev–Trinajstić information content (AvgIpc) is 3.04. The Bertz CT molecular complexity index is 647. The first kappa shape index (κ1) is 15.6. The predicted octanol–water partition coefficient (Wildman–Crippen LogP) is 1.83. The van der Waals surface area contributed by atoms with Crippen molar-refractivity contribution >= 4 is 24.2 Å². The highest BCUT2D eigenvalue weighted by molar-refractivity contribution is 6.61. The van der Waals surface area contributed by atoms with Gasteiger partial charge in [-0.1, -0.05) is 30.3 Å².